The molecule has 2 rings (SSSR count). The van der Waals surface area contributed by atoms with Crippen LogP contribution in [0.15, 0.2) is 6.20 Å². The van der Waals surface area contributed by atoms with E-state index in [0.717, 1.165) is 38.1 Å². The van der Waals surface area contributed by atoms with Crippen LogP contribution in [0.4, 0.5) is 0 Å². The molecule has 1 aromatic heterocycles. The summed E-state index contributed by atoms with van der Waals surface area (Å²) in [6.07, 6.45) is 4.86. The minimum Gasteiger partial charge on any atom is -0.376 e. The Bertz CT molecular complexity index is 347. The summed E-state index contributed by atoms with van der Waals surface area (Å²) in [6, 6.07) is -0.163. The van der Waals surface area contributed by atoms with Crippen molar-refractivity contribution in [2.75, 3.05) is 6.61 Å². The molecule has 5 heteroatoms. The van der Waals surface area contributed by atoms with Gasteiger partial charge in [0, 0.05) is 13.2 Å². The van der Waals surface area contributed by atoms with E-state index in [9.17, 15) is 0 Å². The largest absolute Gasteiger partial charge is 0.376 e. The lowest BCUT2D eigenvalue weighted by Crippen LogP contribution is -2.28. The fraction of sp³-hybridized carbons (Fsp3) is 0.727. The highest BCUT2D eigenvalue weighted by Gasteiger charge is 2.28. The molecule has 2 heterocycles. The molecule has 2 N–H and O–H groups in total. The topological polar surface area (TPSA) is 53.1 Å². The third-order valence-electron chi connectivity index (χ3n) is 2.95. The van der Waals surface area contributed by atoms with Crippen LogP contribution in [0.3, 0.4) is 0 Å². The van der Waals surface area contributed by atoms with Crippen molar-refractivity contribution in [1.29, 1.82) is 0 Å². The van der Waals surface area contributed by atoms with Crippen molar-refractivity contribution in [3.8, 4) is 0 Å². The van der Waals surface area contributed by atoms with Gasteiger partial charge in [0.05, 0.1) is 29.1 Å². The molecule has 4 nitrogen and oxygen atoms in total. The predicted molar refractivity (Wildman–Crippen MR) is 63.4 cm³/mol. The SMILES string of the molecule is CCCn1ncc(Cl)c1C(N)C1CCCO1. The number of nitrogens with zero attached hydrogens (tertiary/aromatic N) is 2. The van der Waals surface area contributed by atoms with Gasteiger partial charge >= 0.3 is 0 Å². The van der Waals surface area contributed by atoms with Crippen LogP contribution >= 0.6 is 11.6 Å². The normalized spacial score (nSPS) is 22.6. The standard InChI is InChI=1S/C11H18ClN3O/c1-2-5-15-11(8(12)7-14-15)10(13)9-4-3-6-16-9/h7,9-10H,2-6,13H2,1H3. The monoisotopic (exact) mass is 243 g/mol. The van der Waals surface area contributed by atoms with E-state index in [1.165, 1.54) is 0 Å². The van der Waals surface area contributed by atoms with Crippen molar-refractivity contribution in [3.63, 3.8) is 0 Å². The summed E-state index contributed by atoms with van der Waals surface area (Å²) in [6.45, 7) is 3.76. The van der Waals surface area contributed by atoms with E-state index in [0.29, 0.717) is 5.02 Å². The summed E-state index contributed by atoms with van der Waals surface area (Å²) < 4.78 is 7.50. The minimum absolute atomic E-state index is 0.0878. The first kappa shape index (κ1) is 11.9. The summed E-state index contributed by atoms with van der Waals surface area (Å²) in [5, 5.41) is 4.90. The number of aryl methyl sites for hydroxylation is 1. The number of halogens is 1. The predicted octanol–water partition coefficient (Wildman–Crippen LogP) is 2.13. The first-order valence-electron chi connectivity index (χ1n) is 5.82. The van der Waals surface area contributed by atoms with Gasteiger partial charge in [-0.25, -0.2) is 0 Å². The van der Waals surface area contributed by atoms with Crippen molar-refractivity contribution in [3.05, 3.63) is 16.9 Å². The molecule has 0 radical (unpaired) electrons. The van der Waals surface area contributed by atoms with Crippen molar-refractivity contribution in [2.24, 2.45) is 5.73 Å². The molecule has 1 fully saturated rings. The molecule has 2 unspecified atom stereocenters. The molecule has 0 aliphatic carbocycles. The van der Waals surface area contributed by atoms with Gasteiger partial charge in [0.2, 0.25) is 0 Å². The average Bonchev–Trinajstić information content (AvgIpc) is 2.88. The van der Waals surface area contributed by atoms with Gasteiger partial charge in [-0.05, 0) is 19.3 Å². The van der Waals surface area contributed by atoms with Crippen LogP contribution in [-0.4, -0.2) is 22.5 Å². The van der Waals surface area contributed by atoms with Crippen LogP contribution in [0.2, 0.25) is 5.02 Å². The summed E-state index contributed by atoms with van der Waals surface area (Å²) >= 11 is 6.14. The van der Waals surface area contributed by atoms with E-state index in [1.54, 1.807) is 6.20 Å². The Morgan fingerprint density at radius 3 is 3.19 bits per heavy atom. The molecule has 2 atom stereocenters. The molecule has 16 heavy (non-hydrogen) atoms. The van der Waals surface area contributed by atoms with Gasteiger partial charge in [-0.2, -0.15) is 5.10 Å². The smallest absolute Gasteiger partial charge is 0.0835 e. The molecule has 90 valence electrons. The highest BCUT2D eigenvalue weighted by atomic mass is 35.5. The fourth-order valence-corrected chi connectivity index (χ4v) is 2.42. The lowest BCUT2D eigenvalue weighted by Gasteiger charge is -2.20. The molecule has 0 amide bonds. The third kappa shape index (κ3) is 2.24. The molecule has 1 aliphatic heterocycles. The zero-order valence-corrected chi connectivity index (χ0v) is 10.3. The lowest BCUT2D eigenvalue weighted by atomic mass is 10.1. The lowest BCUT2D eigenvalue weighted by molar-refractivity contribution is 0.0875. The molecule has 0 spiro atoms. The molecular formula is C11H18ClN3O. The number of aromatic nitrogens is 2. The molecule has 0 bridgehead atoms. The first-order chi connectivity index (χ1) is 7.74. The maximum atomic E-state index is 6.21. The molecular weight excluding hydrogens is 226 g/mol. The second-order valence-electron chi connectivity index (χ2n) is 4.18. The van der Waals surface area contributed by atoms with Crippen molar-refractivity contribution < 1.29 is 4.74 Å². The van der Waals surface area contributed by atoms with Crippen LogP contribution in [0.5, 0.6) is 0 Å². The van der Waals surface area contributed by atoms with Gasteiger partial charge in [-0.3, -0.25) is 4.68 Å². The van der Waals surface area contributed by atoms with E-state index < -0.39 is 0 Å². The zero-order valence-electron chi connectivity index (χ0n) is 9.53. The van der Waals surface area contributed by atoms with E-state index in [4.69, 9.17) is 22.1 Å². The van der Waals surface area contributed by atoms with Crippen molar-refractivity contribution in [1.82, 2.24) is 9.78 Å². The van der Waals surface area contributed by atoms with Gasteiger partial charge in [0.1, 0.15) is 0 Å². The number of nitrogens with two attached hydrogens (primary N) is 1. The van der Waals surface area contributed by atoms with E-state index in [-0.39, 0.29) is 12.1 Å². The van der Waals surface area contributed by atoms with Gasteiger partial charge < -0.3 is 10.5 Å². The maximum Gasteiger partial charge on any atom is 0.0835 e. The van der Waals surface area contributed by atoms with Crippen LogP contribution in [0, 0.1) is 0 Å². The molecule has 0 aromatic carbocycles. The Morgan fingerprint density at radius 1 is 1.75 bits per heavy atom. The van der Waals surface area contributed by atoms with Crippen LogP contribution in [-0.2, 0) is 11.3 Å². The zero-order chi connectivity index (χ0) is 11.5. The van der Waals surface area contributed by atoms with E-state index in [1.807, 2.05) is 4.68 Å². The first-order valence-corrected chi connectivity index (χ1v) is 6.20. The second-order valence-corrected chi connectivity index (χ2v) is 4.59. The Balaban J connectivity index is 2.19. The molecule has 1 aromatic rings. The summed E-state index contributed by atoms with van der Waals surface area (Å²) in [5.41, 5.74) is 7.12. The highest BCUT2D eigenvalue weighted by molar-refractivity contribution is 6.31. The van der Waals surface area contributed by atoms with Crippen LogP contribution < -0.4 is 5.73 Å². The number of hydrogen-bond donors (Lipinski definition) is 1. The fourth-order valence-electron chi connectivity index (χ4n) is 2.16. The molecule has 1 saturated heterocycles. The number of rotatable bonds is 4. The Kier molecular flexibility index (Phi) is 3.84. The van der Waals surface area contributed by atoms with Crippen molar-refractivity contribution in [2.45, 2.75) is 44.9 Å². The molecule has 1 aliphatic rings. The van der Waals surface area contributed by atoms with E-state index in [2.05, 4.69) is 12.0 Å². The van der Waals surface area contributed by atoms with E-state index >= 15 is 0 Å². The molecule has 0 saturated carbocycles. The average molecular weight is 244 g/mol. The third-order valence-corrected chi connectivity index (χ3v) is 3.24. The second kappa shape index (κ2) is 5.17. The van der Waals surface area contributed by atoms with Crippen LogP contribution in [0.1, 0.15) is 37.9 Å². The van der Waals surface area contributed by atoms with Crippen LogP contribution in [0.25, 0.3) is 0 Å². The van der Waals surface area contributed by atoms with Gasteiger partial charge in [-0.15, -0.1) is 0 Å². The summed E-state index contributed by atoms with van der Waals surface area (Å²) in [4.78, 5) is 0. The van der Waals surface area contributed by atoms with Gasteiger partial charge in [-0.1, -0.05) is 18.5 Å². The quantitative estimate of drug-likeness (QED) is 0.882. The van der Waals surface area contributed by atoms with Gasteiger partial charge in [0.15, 0.2) is 0 Å². The minimum atomic E-state index is -0.163. The summed E-state index contributed by atoms with van der Waals surface area (Å²) in [5.74, 6) is 0. The Hall–Kier alpha value is -0.580. The summed E-state index contributed by atoms with van der Waals surface area (Å²) in [7, 11) is 0. The Morgan fingerprint density at radius 2 is 2.56 bits per heavy atom. The highest BCUT2D eigenvalue weighted by Crippen LogP contribution is 2.29. The van der Waals surface area contributed by atoms with Gasteiger partial charge in [0.25, 0.3) is 0 Å². The number of hydrogen-bond acceptors (Lipinski definition) is 3. The maximum absolute atomic E-state index is 6.21. The Labute approximate surface area is 101 Å². The number of ether oxygens (including phenoxy) is 1. The van der Waals surface area contributed by atoms with Crippen molar-refractivity contribution >= 4 is 11.6 Å².